The van der Waals surface area contributed by atoms with E-state index < -0.39 is 0 Å². The topological polar surface area (TPSA) is 61.4 Å². The first-order valence-corrected chi connectivity index (χ1v) is 7.97. The molecule has 1 aromatic heterocycles. The minimum absolute atomic E-state index is 0.0829. The molecule has 1 atom stereocenters. The maximum Gasteiger partial charge on any atom is 0.239 e. The molecule has 6 heteroatoms. The molecular weight excluding hydrogens is 302 g/mol. The van der Waals surface area contributed by atoms with Crippen LogP contribution in [0.3, 0.4) is 0 Å². The van der Waals surface area contributed by atoms with E-state index in [0.29, 0.717) is 19.0 Å². The Morgan fingerprint density at radius 2 is 1.71 bits per heavy atom. The Bertz CT molecular complexity index is 642. The van der Waals surface area contributed by atoms with E-state index in [2.05, 4.69) is 27.4 Å². The lowest BCUT2D eigenvalue weighted by Gasteiger charge is -2.26. The lowest BCUT2D eigenvalue weighted by molar-refractivity contribution is -0.133. The van der Waals surface area contributed by atoms with E-state index in [0.717, 1.165) is 5.56 Å². The van der Waals surface area contributed by atoms with Crippen LogP contribution in [0.5, 0.6) is 0 Å². The average molecular weight is 327 g/mol. The van der Waals surface area contributed by atoms with Gasteiger partial charge < -0.3 is 10.2 Å². The highest BCUT2D eigenvalue weighted by molar-refractivity contribution is 5.80. The van der Waals surface area contributed by atoms with Crippen LogP contribution in [-0.4, -0.2) is 52.9 Å². The van der Waals surface area contributed by atoms with Gasteiger partial charge >= 0.3 is 0 Å². The van der Waals surface area contributed by atoms with Crippen molar-refractivity contribution in [2.24, 2.45) is 0 Å². The van der Waals surface area contributed by atoms with Crippen LogP contribution in [-0.2, 0) is 17.9 Å². The van der Waals surface area contributed by atoms with E-state index in [4.69, 9.17) is 0 Å². The molecular formula is C18H25N5O. The van der Waals surface area contributed by atoms with Gasteiger partial charge in [-0.3, -0.25) is 9.69 Å². The summed E-state index contributed by atoms with van der Waals surface area (Å²) < 4.78 is 0. The first-order valence-electron chi connectivity index (χ1n) is 7.97. The van der Waals surface area contributed by atoms with Crippen molar-refractivity contribution in [3.63, 3.8) is 0 Å². The van der Waals surface area contributed by atoms with Crippen LogP contribution in [0.2, 0.25) is 0 Å². The second-order valence-electron chi connectivity index (χ2n) is 6.08. The zero-order valence-electron chi connectivity index (χ0n) is 14.7. The van der Waals surface area contributed by atoms with Gasteiger partial charge in [0, 0.05) is 45.1 Å². The fourth-order valence-corrected chi connectivity index (χ4v) is 2.29. The molecule has 0 aliphatic heterocycles. The molecule has 0 unspecified atom stereocenters. The third-order valence-corrected chi connectivity index (χ3v) is 3.89. The average Bonchev–Trinajstić information content (AvgIpc) is 2.60. The summed E-state index contributed by atoms with van der Waals surface area (Å²) in [5.74, 6) is 0.683. The number of hydrogen-bond donors (Lipinski definition) is 1. The number of anilines is 1. The molecule has 128 valence electrons. The maximum absolute atomic E-state index is 12.0. The predicted molar refractivity (Wildman–Crippen MR) is 95.4 cm³/mol. The SMILES string of the molecule is C[C@H](C(=O)N(C)C)N(C)Cc1cnc(NCc2ccccc2)nc1. The molecule has 2 rings (SSSR count). The van der Waals surface area contributed by atoms with E-state index >= 15 is 0 Å². The van der Waals surface area contributed by atoms with Crippen LogP contribution in [0, 0.1) is 0 Å². The van der Waals surface area contributed by atoms with Gasteiger partial charge in [-0.2, -0.15) is 0 Å². The van der Waals surface area contributed by atoms with Crippen LogP contribution >= 0.6 is 0 Å². The molecule has 1 N–H and O–H groups in total. The zero-order chi connectivity index (χ0) is 17.5. The van der Waals surface area contributed by atoms with Gasteiger partial charge in [-0.25, -0.2) is 9.97 Å². The molecule has 2 aromatic rings. The number of nitrogens with one attached hydrogen (secondary N) is 1. The summed E-state index contributed by atoms with van der Waals surface area (Å²) in [6.07, 6.45) is 3.59. The first-order chi connectivity index (χ1) is 11.5. The van der Waals surface area contributed by atoms with Crippen molar-refractivity contribution in [3.05, 3.63) is 53.9 Å². The Hall–Kier alpha value is -2.47. The highest BCUT2D eigenvalue weighted by atomic mass is 16.2. The smallest absolute Gasteiger partial charge is 0.239 e. The Labute approximate surface area is 143 Å². The number of amides is 1. The fraction of sp³-hybridized carbons (Fsp3) is 0.389. The Kier molecular flexibility index (Phi) is 6.26. The molecule has 6 nitrogen and oxygen atoms in total. The molecule has 0 radical (unpaired) electrons. The quantitative estimate of drug-likeness (QED) is 0.843. The third kappa shape index (κ3) is 5.03. The van der Waals surface area contributed by atoms with Crippen molar-refractivity contribution in [3.8, 4) is 0 Å². The second-order valence-corrected chi connectivity index (χ2v) is 6.08. The minimum Gasteiger partial charge on any atom is -0.350 e. The standard InChI is InChI=1S/C18H25N5O/c1-14(17(24)22(2)3)23(4)13-16-11-20-18(21-12-16)19-10-15-8-6-5-7-9-15/h5-9,11-12,14H,10,13H2,1-4H3,(H,19,20,21)/t14-/m1/s1. The number of hydrogen-bond acceptors (Lipinski definition) is 5. The van der Waals surface area contributed by atoms with E-state index in [1.165, 1.54) is 5.56 Å². The van der Waals surface area contributed by atoms with Gasteiger partial charge in [0.15, 0.2) is 0 Å². The summed E-state index contributed by atoms with van der Waals surface area (Å²) in [4.78, 5) is 24.3. The predicted octanol–water partition coefficient (Wildman–Crippen LogP) is 2.00. The highest BCUT2D eigenvalue weighted by Crippen LogP contribution is 2.08. The highest BCUT2D eigenvalue weighted by Gasteiger charge is 2.19. The van der Waals surface area contributed by atoms with Crippen molar-refractivity contribution in [1.82, 2.24) is 19.8 Å². The lowest BCUT2D eigenvalue weighted by atomic mass is 10.2. The van der Waals surface area contributed by atoms with Gasteiger partial charge in [-0.1, -0.05) is 30.3 Å². The lowest BCUT2D eigenvalue weighted by Crippen LogP contribution is -2.42. The Balaban J connectivity index is 1.88. The molecule has 24 heavy (non-hydrogen) atoms. The normalized spacial score (nSPS) is 12.0. The van der Waals surface area contributed by atoms with Crippen LogP contribution in [0.25, 0.3) is 0 Å². The summed E-state index contributed by atoms with van der Waals surface area (Å²) in [6.45, 7) is 3.22. The second kappa shape index (κ2) is 8.40. The Morgan fingerprint density at radius 3 is 2.29 bits per heavy atom. The summed E-state index contributed by atoms with van der Waals surface area (Å²) in [6, 6.07) is 9.93. The van der Waals surface area contributed by atoms with E-state index in [1.54, 1.807) is 31.4 Å². The van der Waals surface area contributed by atoms with Crippen LogP contribution in [0.15, 0.2) is 42.7 Å². The molecule has 1 heterocycles. The van der Waals surface area contributed by atoms with Gasteiger partial charge in [-0.05, 0) is 19.5 Å². The monoisotopic (exact) mass is 327 g/mol. The molecule has 0 aliphatic carbocycles. The number of rotatable bonds is 7. The van der Waals surface area contributed by atoms with E-state index in [-0.39, 0.29) is 11.9 Å². The summed E-state index contributed by atoms with van der Waals surface area (Å²) in [5.41, 5.74) is 2.15. The first kappa shape index (κ1) is 17.9. The van der Waals surface area contributed by atoms with Gasteiger partial charge in [-0.15, -0.1) is 0 Å². The molecule has 0 fully saturated rings. The molecule has 0 spiro atoms. The van der Waals surface area contributed by atoms with Crippen LogP contribution in [0.4, 0.5) is 5.95 Å². The number of carbonyl (C=O) groups is 1. The number of benzene rings is 1. The third-order valence-electron chi connectivity index (χ3n) is 3.89. The summed E-state index contributed by atoms with van der Waals surface area (Å²) >= 11 is 0. The summed E-state index contributed by atoms with van der Waals surface area (Å²) in [5, 5.41) is 3.20. The molecule has 0 saturated heterocycles. The van der Waals surface area contributed by atoms with Crippen molar-refractivity contribution in [1.29, 1.82) is 0 Å². The number of nitrogens with zero attached hydrogens (tertiary/aromatic N) is 4. The van der Waals surface area contributed by atoms with Gasteiger partial charge in [0.25, 0.3) is 0 Å². The fourth-order valence-electron chi connectivity index (χ4n) is 2.29. The number of carbonyl (C=O) groups excluding carboxylic acids is 1. The van der Waals surface area contributed by atoms with Crippen molar-refractivity contribution < 1.29 is 4.79 Å². The van der Waals surface area contributed by atoms with Crippen molar-refractivity contribution in [2.75, 3.05) is 26.5 Å². The largest absolute Gasteiger partial charge is 0.350 e. The molecule has 1 amide bonds. The number of aromatic nitrogens is 2. The van der Waals surface area contributed by atoms with Gasteiger partial charge in [0.2, 0.25) is 11.9 Å². The van der Waals surface area contributed by atoms with Crippen LogP contribution < -0.4 is 5.32 Å². The van der Waals surface area contributed by atoms with Crippen molar-refractivity contribution >= 4 is 11.9 Å². The zero-order valence-corrected chi connectivity index (χ0v) is 14.7. The maximum atomic E-state index is 12.0. The number of likely N-dealkylation sites (N-methyl/N-ethyl adjacent to an activating group) is 2. The van der Waals surface area contributed by atoms with E-state index in [1.807, 2.05) is 37.1 Å². The van der Waals surface area contributed by atoms with Gasteiger partial charge in [0.05, 0.1) is 6.04 Å². The molecule has 0 aliphatic rings. The van der Waals surface area contributed by atoms with E-state index in [9.17, 15) is 4.79 Å². The summed E-state index contributed by atoms with van der Waals surface area (Å²) in [7, 11) is 5.46. The Morgan fingerprint density at radius 1 is 1.08 bits per heavy atom. The van der Waals surface area contributed by atoms with Gasteiger partial charge in [0.1, 0.15) is 0 Å². The molecule has 1 aromatic carbocycles. The van der Waals surface area contributed by atoms with Crippen molar-refractivity contribution in [2.45, 2.75) is 26.1 Å². The van der Waals surface area contributed by atoms with Crippen LogP contribution in [0.1, 0.15) is 18.1 Å². The molecule has 0 saturated carbocycles. The molecule has 0 bridgehead atoms. The minimum atomic E-state index is -0.184.